The molecule has 0 radical (unpaired) electrons. The first-order valence-corrected chi connectivity index (χ1v) is 5.94. The molecule has 0 amide bonds. The van der Waals surface area contributed by atoms with Crippen LogP contribution in [0.3, 0.4) is 0 Å². The van der Waals surface area contributed by atoms with Gasteiger partial charge >= 0.3 is 5.97 Å². The zero-order valence-electron chi connectivity index (χ0n) is 8.46. The maximum absolute atomic E-state index is 11.1. The summed E-state index contributed by atoms with van der Waals surface area (Å²) in [5.74, 6) is -0.829. The van der Waals surface area contributed by atoms with Crippen LogP contribution in [0, 0.1) is 0 Å². The van der Waals surface area contributed by atoms with Crippen LogP contribution >= 0.6 is 15.9 Å². The van der Waals surface area contributed by atoms with Crippen LogP contribution in [0.5, 0.6) is 0 Å². The Morgan fingerprint density at radius 3 is 2.75 bits per heavy atom. The van der Waals surface area contributed by atoms with Crippen molar-refractivity contribution in [3.63, 3.8) is 0 Å². The summed E-state index contributed by atoms with van der Waals surface area (Å²) >= 11 is 3.51. The average Bonchev–Trinajstić information content (AvgIpc) is 2.68. The number of carbonyl (C=O) groups is 1. The van der Waals surface area contributed by atoms with Gasteiger partial charge in [-0.3, -0.25) is 0 Å². The molecule has 2 aromatic rings. The van der Waals surface area contributed by atoms with E-state index in [9.17, 15) is 4.79 Å². The number of carboxylic acids is 1. The Balaban J connectivity index is 2.47. The molecule has 0 saturated carbocycles. The van der Waals surface area contributed by atoms with Crippen molar-refractivity contribution in [2.24, 2.45) is 0 Å². The first-order valence-electron chi connectivity index (χ1n) is 5.15. The molecule has 0 fully saturated rings. The Bertz CT molecular complexity index is 617. The second-order valence-corrected chi connectivity index (χ2v) is 4.88. The van der Waals surface area contributed by atoms with Crippen molar-refractivity contribution in [2.75, 3.05) is 0 Å². The van der Waals surface area contributed by atoms with Gasteiger partial charge in [-0.05, 0) is 46.9 Å². The van der Waals surface area contributed by atoms with Crippen LogP contribution in [0.1, 0.15) is 21.5 Å². The number of aryl methyl sites for hydroxylation is 2. The minimum absolute atomic E-state index is 0.448. The third-order valence-corrected chi connectivity index (χ3v) is 3.89. The van der Waals surface area contributed by atoms with E-state index in [0.717, 1.165) is 33.7 Å². The van der Waals surface area contributed by atoms with E-state index in [1.54, 1.807) is 6.07 Å². The Labute approximate surface area is 101 Å². The number of halogens is 1. The number of hydrogen-bond acceptors (Lipinski definition) is 1. The molecule has 0 unspecified atom stereocenters. The van der Waals surface area contributed by atoms with Crippen molar-refractivity contribution in [1.29, 1.82) is 0 Å². The summed E-state index contributed by atoms with van der Waals surface area (Å²) in [6.07, 6.45) is 1.79. The lowest BCUT2D eigenvalue weighted by molar-refractivity contribution is 0.0696. The first kappa shape index (κ1) is 9.85. The van der Waals surface area contributed by atoms with E-state index in [1.807, 2.05) is 12.1 Å². The second-order valence-electron chi connectivity index (χ2n) is 4.03. The zero-order valence-corrected chi connectivity index (χ0v) is 10.0. The fraction of sp³-hybridized carbons (Fsp3) is 0.154. The van der Waals surface area contributed by atoms with Crippen molar-refractivity contribution < 1.29 is 9.90 Å². The zero-order chi connectivity index (χ0) is 11.3. The van der Waals surface area contributed by atoms with Gasteiger partial charge in [-0.15, -0.1) is 0 Å². The highest BCUT2D eigenvalue weighted by atomic mass is 79.9. The predicted octanol–water partition coefficient (Wildman–Crippen LogP) is 3.40. The minimum Gasteiger partial charge on any atom is -0.478 e. The largest absolute Gasteiger partial charge is 0.478 e. The fourth-order valence-corrected chi connectivity index (χ4v) is 2.95. The molecular weight excluding hydrogens is 268 g/mol. The monoisotopic (exact) mass is 276 g/mol. The molecule has 0 heterocycles. The lowest BCUT2D eigenvalue weighted by Crippen LogP contribution is -2.00. The topological polar surface area (TPSA) is 37.3 Å². The van der Waals surface area contributed by atoms with Gasteiger partial charge in [0.25, 0.3) is 0 Å². The molecule has 0 aliphatic heterocycles. The molecule has 3 heteroatoms. The molecule has 0 spiro atoms. The van der Waals surface area contributed by atoms with Crippen molar-refractivity contribution in [2.45, 2.75) is 12.8 Å². The molecule has 1 aliphatic rings. The number of benzene rings is 2. The van der Waals surface area contributed by atoms with E-state index in [2.05, 4.69) is 22.0 Å². The molecule has 0 aromatic heterocycles. The summed E-state index contributed by atoms with van der Waals surface area (Å²) in [5, 5.41) is 11.4. The maximum atomic E-state index is 11.1. The van der Waals surface area contributed by atoms with Gasteiger partial charge in [0.2, 0.25) is 0 Å². The van der Waals surface area contributed by atoms with Gasteiger partial charge in [-0.1, -0.05) is 28.1 Å². The summed E-state index contributed by atoms with van der Waals surface area (Å²) < 4.78 is 1.03. The van der Waals surface area contributed by atoms with E-state index in [-0.39, 0.29) is 0 Å². The Kier molecular flexibility index (Phi) is 2.04. The molecule has 80 valence electrons. The third kappa shape index (κ3) is 1.21. The fourth-order valence-electron chi connectivity index (χ4n) is 2.49. The van der Waals surface area contributed by atoms with Gasteiger partial charge in [-0.25, -0.2) is 4.79 Å². The molecule has 2 aromatic carbocycles. The lowest BCUT2D eigenvalue weighted by atomic mass is 10.0. The molecule has 2 nitrogen and oxygen atoms in total. The van der Waals surface area contributed by atoms with E-state index >= 15 is 0 Å². The number of carboxylic acid groups (broad SMARTS) is 1. The smallest absolute Gasteiger partial charge is 0.335 e. The Morgan fingerprint density at radius 2 is 2.00 bits per heavy atom. The molecule has 1 N–H and O–H groups in total. The minimum atomic E-state index is -0.829. The van der Waals surface area contributed by atoms with Crippen LogP contribution in [0.2, 0.25) is 0 Å². The van der Waals surface area contributed by atoms with Gasteiger partial charge in [0, 0.05) is 4.47 Å². The molecule has 1 aliphatic carbocycles. The molecule has 0 saturated heterocycles. The van der Waals surface area contributed by atoms with Gasteiger partial charge in [0.15, 0.2) is 0 Å². The summed E-state index contributed by atoms with van der Waals surface area (Å²) in [6, 6.07) is 7.71. The Hall–Kier alpha value is -1.35. The number of hydrogen-bond donors (Lipinski definition) is 1. The normalized spacial score (nSPS) is 13.3. The molecule has 0 atom stereocenters. The van der Waals surface area contributed by atoms with Crippen LogP contribution in [0.25, 0.3) is 10.8 Å². The lowest BCUT2D eigenvalue weighted by Gasteiger charge is -2.06. The Morgan fingerprint density at radius 1 is 1.19 bits per heavy atom. The molecular formula is C13H9BrO2. The summed E-state index contributed by atoms with van der Waals surface area (Å²) in [4.78, 5) is 11.1. The van der Waals surface area contributed by atoms with E-state index in [0.29, 0.717) is 5.56 Å². The molecule has 3 rings (SSSR count). The number of rotatable bonds is 1. The first-order chi connectivity index (χ1) is 7.68. The highest BCUT2D eigenvalue weighted by molar-refractivity contribution is 9.10. The maximum Gasteiger partial charge on any atom is 0.335 e. The van der Waals surface area contributed by atoms with E-state index in [4.69, 9.17) is 5.11 Å². The molecule has 0 bridgehead atoms. The van der Waals surface area contributed by atoms with Crippen LogP contribution < -0.4 is 0 Å². The molecule has 16 heavy (non-hydrogen) atoms. The summed E-state index contributed by atoms with van der Waals surface area (Å²) in [5.41, 5.74) is 2.70. The standard InChI is InChI=1S/C13H9BrO2/c14-11-6-2-7-1-3-8-9(13(15)16)4-5-10(11)12(7)8/h2,4-6H,1,3H2,(H,15,16). The van der Waals surface area contributed by atoms with Crippen molar-refractivity contribution in [3.8, 4) is 0 Å². The second kappa shape index (κ2) is 3.32. The van der Waals surface area contributed by atoms with E-state index in [1.165, 1.54) is 5.56 Å². The van der Waals surface area contributed by atoms with Crippen LogP contribution in [0.15, 0.2) is 28.7 Å². The van der Waals surface area contributed by atoms with Crippen LogP contribution in [0.4, 0.5) is 0 Å². The van der Waals surface area contributed by atoms with Gasteiger partial charge < -0.3 is 5.11 Å². The number of aromatic carboxylic acids is 1. The van der Waals surface area contributed by atoms with Crippen LogP contribution in [-0.2, 0) is 12.8 Å². The highest BCUT2D eigenvalue weighted by Crippen LogP contribution is 2.36. The van der Waals surface area contributed by atoms with E-state index < -0.39 is 5.97 Å². The van der Waals surface area contributed by atoms with Gasteiger partial charge in [0.1, 0.15) is 0 Å². The summed E-state index contributed by atoms with van der Waals surface area (Å²) in [7, 11) is 0. The SMILES string of the molecule is O=C(O)c1ccc2c(Br)ccc3c2c1CC3. The van der Waals surface area contributed by atoms with Gasteiger partial charge in [-0.2, -0.15) is 0 Å². The highest BCUT2D eigenvalue weighted by Gasteiger charge is 2.21. The van der Waals surface area contributed by atoms with Gasteiger partial charge in [0.05, 0.1) is 5.56 Å². The predicted molar refractivity (Wildman–Crippen MR) is 66.0 cm³/mol. The van der Waals surface area contributed by atoms with Crippen molar-refractivity contribution in [3.05, 3.63) is 45.4 Å². The average molecular weight is 277 g/mol. The van der Waals surface area contributed by atoms with Crippen molar-refractivity contribution in [1.82, 2.24) is 0 Å². The quantitative estimate of drug-likeness (QED) is 0.867. The van der Waals surface area contributed by atoms with Crippen LogP contribution in [-0.4, -0.2) is 11.1 Å². The summed E-state index contributed by atoms with van der Waals surface area (Å²) in [6.45, 7) is 0. The van der Waals surface area contributed by atoms with Crippen molar-refractivity contribution >= 4 is 32.7 Å². The third-order valence-electron chi connectivity index (χ3n) is 3.20.